The summed E-state index contributed by atoms with van der Waals surface area (Å²) in [5.74, 6) is -1.87. The lowest BCUT2D eigenvalue weighted by atomic mass is 10.2. The van der Waals surface area contributed by atoms with Crippen LogP contribution in [0.4, 0.5) is 19.0 Å². The van der Waals surface area contributed by atoms with E-state index in [9.17, 15) is 22.8 Å². The van der Waals surface area contributed by atoms with E-state index in [0.717, 1.165) is 5.69 Å². The predicted octanol–water partition coefficient (Wildman–Crippen LogP) is 4.04. The summed E-state index contributed by atoms with van der Waals surface area (Å²) >= 11 is 5.72. The third-order valence-corrected chi connectivity index (χ3v) is 4.28. The second-order valence-electron chi connectivity index (χ2n) is 6.07. The number of alkyl halides is 3. The van der Waals surface area contributed by atoms with Gasteiger partial charge >= 0.3 is 12.1 Å². The van der Waals surface area contributed by atoms with Crippen molar-refractivity contribution in [3.8, 4) is 5.69 Å². The lowest BCUT2D eigenvalue weighted by Crippen LogP contribution is -2.22. The molecule has 30 heavy (non-hydrogen) atoms. The number of hydrogen-bond donors (Lipinski definition) is 1. The van der Waals surface area contributed by atoms with E-state index in [1.54, 1.807) is 11.6 Å². The normalized spacial score (nSPS) is 11.2. The van der Waals surface area contributed by atoms with Crippen LogP contribution in [0.1, 0.15) is 21.6 Å². The van der Waals surface area contributed by atoms with Crippen molar-refractivity contribution in [1.82, 2.24) is 14.8 Å². The van der Waals surface area contributed by atoms with E-state index in [-0.39, 0.29) is 11.4 Å². The quantitative estimate of drug-likeness (QED) is 0.607. The number of carbonyl (C=O) groups excluding carboxylic acids is 2. The molecule has 0 unspecified atom stereocenters. The number of esters is 1. The van der Waals surface area contributed by atoms with Crippen molar-refractivity contribution in [2.75, 3.05) is 11.9 Å². The lowest BCUT2D eigenvalue weighted by molar-refractivity contribution is -0.137. The van der Waals surface area contributed by atoms with Crippen molar-refractivity contribution in [3.63, 3.8) is 0 Å². The Morgan fingerprint density at radius 1 is 1.20 bits per heavy atom. The highest BCUT2D eigenvalue weighted by Gasteiger charge is 2.31. The second kappa shape index (κ2) is 8.54. The van der Waals surface area contributed by atoms with Crippen LogP contribution in [0.25, 0.3) is 5.69 Å². The van der Waals surface area contributed by atoms with Crippen LogP contribution < -0.4 is 5.32 Å². The van der Waals surface area contributed by atoms with Crippen molar-refractivity contribution in [2.45, 2.75) is 13.1 Å². The Kier molecular flexibility index (Phi) is 6.06. The second-order valence-corrected chi connectivity index (χ2v) is 6.47. The van der Waals surface area contributed by atoms with Crippen molar-refractivity contribution in [3.05, 3.63) is 70.6 Å². The Bertz CT molecular complexity index is 1080. The van der Waals surface area contributed by atoms with Gasteiger partial charge in [0.1, 0.15) is 5.56 Å². The fourth-order valence-corrected chi connectivity index (χ4v) is 2.72. The van der Waals surface area contributed by atoms with Crippen LogP contribution in [0.15, 0.2) is 48.8 Å². The molecular formula is C19H14ClF3N4O3. The molecule has 0 saturated carbocycles. The third kappa shape index (κ3) is 4.77. The predicted molar refractivity (Wildman–Crippen MR) is 101 cm³/mol. The lowest BCUT2D eigenvalue weighted by Gasteiger charge is -2.10. The van der Waals surface area contributed by atoms with Gasteiger partial charge in [0, 0.05) is 6.20 Å². The number of ether oxygens (including phenoxy) is 1. The summed E-state index contributed by atoms with van der Waals surface area (Å²) in [4.78, 5) is 27.7. The molecule has 3 rings (SSSR count). The number of anilines is 1. The molecule has 0 atom stereocenters. The van der Waals surface area contributed by atoms with Gasteiger partial charge in [0.2, 0.25) is 0 Å². The first kappa shape index (κ1) is 21.3. The van der Waals surface area contributed by atoms with Gasteiger partial charge in [0.15, 0.2) is 12.4 Å². The Hall–Kier alpha value is -3.40. The van der Waals surface area contributed by atoms with E-state index in [0.29, 0.717) is 18.0 Å². The number of rotatable bonds is 5. The van der Waals surface area contributed by atoms with E-state index in [1.165, 1.54) is 6.20 Å². The smallest absolute Gasteiger partial charge is 0.417 e. The summed E-state index contributed by atoms with van der Waals surface area (Å²) in [6.07, 6.45) is -2.76. The number of aromatic nitrogens is 3. The minimum absolute atomic E-state index is 0.164. The molecule has 1 N–H and O–H groups in total. The number of amides is 1. The molecule has 0 saturated heterocycles. The molecule has 3 aromatic rings. The zero-order chi connectivity index (χ0) is 21.9. The number of nitrogens with zero attached hydrogens (tertiary/aromatic N) is 3. The summed E-state index contributed by atoms with van der Waals surface area (Å²) in [5, 5.41) is 5.93. The van der Waals surface area contributed by atoms with Gasteiger partial charge in [-0.25, -0.2) is 14.5 Å². The Morgan fingerprint density at radius 3 is 2.53 bits per heavy atom. The number of para-hydroxylation sites is 1. The van der Waals surface area contributed by atoms with Gasteiger partial charge in [0.25, 0.3) is 5.91 Å². The number of carbonyl (C=O) groups is 2. The highest BCUT2D eigenvalue weighted by atomic mass is 35.5. The average molecular weight is 439 g/mol. The minimum Gasteiger partial charge on any atom is -0.452 e. The molecule has 1 aromatic carbocycles. The molecule has 0 bridgehead atoms. The summed E-state index contributed by atoms with van der Waals surface area (Å²) < 4.78 is 44.4. The van der Waals surface area contributed by atoms with E-state index < -0.39 is 35.2 Å². The number of pyridine rings is 1. The average Bonchev–Trinajstić information content (AvgIpc) is 3.09. The topological polar surface area (TPSA) is 86.1 Å². The summed E-state index contributed by atoms with van der Waals surface area (Å²) in [6, 6.07) is 9.73. The Labute approximate surface area is 173 Å². The first-order valence-electron chi connectivity index (χ1n) is 8.46. The standard InChI is InChI=1S/C19H14ClF3N4O3/c1-11-14(9-25-27(11)13-5-3-2-4-6-13)18(29)30-10-16(28)26-17-15(20)7-12(8-24-17)19(21,22)23/h2-9H,10H2,1H3,(H,24,26,28). The molecule has 156 valence electrons. The van der Waals surface area contributed by atoms with Crippen LogP contribution in [0.3, 0.4) is 0 Å². The van der Waals surface area contributed by atoms with Crippen molar-refractivity contribution in [1.29, 1.82) is 0 Å². The molecule has 0 aliphatic heterocycles. The van der Waals surface area contributed by atoms with Crippen LogP contribution in [-0.2, 0) is 15.7 Å². The van der Waals surface area contributed by atoms with Gasteiger partial charge in [-0.1, -0.05) is 29.8 Å². The molecule has 0 aliphatic rings. The number of halogens is 4. The summed E-state index contributed by atoms with van der Waals surface area (Å²) in [5.41, 5.74) is 0.369. The summed E-state index contributed by atoms with van der Waals surface area (Å²) in [6.45, 7) is 0.983. The molecule has 2 aromatic heterocycles. The van der Waals surface area contributed by atoms with Gasteiger partial charge < -0.3 is 10.1 Å². The highest BCUT2D eigenvalue weighted by Crippen LogP contribution is 2.32. The fraction of sp³-hybridized carbons (Fsp3) is 0.158. The van der Waals surface area contributed by atoms with Gasteiger partial charge in [-0.2, -0.15) is 18.3 Å². The molecule has 1 amide bonds. The molecule has 7 nitrogen and oxygen atoms in total. The van der Waals surface area contributed by atoms with Crippen LogP contribution in [0, 0.1) is 6.92 Å². The van der Waals surface area contributed by atoms with Crippen molar-refractivity contribution < 1.29 is 27.5 Å². The molecule has 0 aliphatic carbocycles. The molecule has 0 radical (unpaired) electrons. The Morgan fingerprint density at radius 2 is 1.90 bits per heavy atom. The number of hydrogen-bond acceptors (Lipinski definition) is 5. The van der Waals surface area contributed by atoms with Crippen LogP contribution in [0.5, 0.6) is 0 Å². The van der Waals surface area contributed by atoms with Crippen LogP contribution >= 0.6 is 11.6 Å². The SMILES string of the molecule is Cc1c(C(=O)OCC(=O)Nc2ncc(C(F)(F)F)cc2Cl)cnn1-c1ccccc1. The fourth-order valence-electron chi connectivity index (χ4n) is 2.50. The zero-order valence-electron chi connectivity index (χ0n) is 15.4. The minimum atomic E-state index is -4.61. The van der Waals surface area contributed by atoms with E-state index in [4.69, 9.17) is 16.3 Å². The van der Waals surface area contributed by atoms with Crippen molar-refractivity contribution in [2.24, 2.45) is 0 Å². The molecule has 0 spiro atoms. The van der Waals surface area contributed by atoms with E-state index in [1.807, 2.05) is 30.3 Å². The largest absolute Gasteiger partial charge is 0.452 e. The van der Waals surface area contributed by atoms with Crippen LogP contribution in [0.2, 0.25) is 5.02 Å². The van der Waals surface area contributed by atoms with Gasteiger partial charge in [-0.15, -0.1) is 0 Å². The molecule has 0 fully saturated rings. The van der Waals surface area contributed by atoms with E-state index in [2.05, 4.69) is 15.4 Å². The summed E-state index contributed by atoms with van der Waals surface area (Å²) in [7, 11) is 0. The van der Waals surface area contributed by atoms with Crippen molar-refractivity contribution >= 4 is 29.3 Å². The van der Waals surface area contributed by atoms with E-state index >= 15 is 0 Å². The third-order valence-electron chi connectivity index (χ3n) is 3.99. The van der Waals surface area contributed by atoms with Gasteiger partial charge in [0.05, 0.1) is 28.2 Å². The highest BCUT2D eigenvalue weighted by molar-refractivity contribution is 6.33. The van der Waals surface area contributed by atoms with Gasteiger partial charge in [-0.3, -0.25) is 4.79 Å². The Balaban J connectivity index is 1.62. The molecule has 11 heteroatoms. The van der Waals surface area contributed by atoms with Crippen LogP contribution in [-0.4, -0.2) is 33.2 Å². The monoisotopic (exact) mass is 438 g/mol. The number of benzene rings is 1. The molecule has 2 heterocycles. The maximum absolute atomic E-state index is 12.6. The first-order valence-corrected chi connectivity index (χ1v) is 8.84. The maximum Gasteiger partial charge on any atom is 0.417 e. The zero-order valence-corrected chi connectivity index (χ0v) is 16.2. The first-order chi connectivity index (χ1) is 14.2. The van der Waals surface area contributed by atoms with Gasteiger partial charge in [-0.05, 0) is 25.1 Å². The number of nitrogens with one attached hydrogen (secondary N) is 1. The maximum atomic E-state index is 12.6. The molecular weight excluding hydrogens is 425 g/mol.